The summed E-state index contributed by atoms with van der Waals surface area (Å²) in [5, 5.41) is 4.70. The minimum atomic E-state index is 0.526. The van der Waals surface area contributed by atoms with Crippen molar-refractivity contribution in [1.29, 1.82) is 0 Å². The quantitative estimate of drug-likeness (QED) is 0.741. The topological polar surface area (TPSA) is 77.1 Å². The van der Waals surface area contributed by atoms with Gasteiger partial charge in [0.1, 0.15) is 11.4 Å². The second-order valence-corrected chi connectivity index (χ2v) is 3.92. The van der Waals surface area contributed by atoms with Gasteiger partial charge in [-0.15, -0.1) is 0 Å². The van der Waals surface area contributed by atoms with Gasteiger partial charge < -0.3 is 20.0 Å². The Morgan fingerprint density at radius 1 is 1.44 bits per heavy atom. The number of anilines is 1. The smallest absolute Gasteiger partial charge is 0.191 e. The second-order valence-electron chi connectivity index (χ2n) is 3.92. The third-order valence-corrected chi connectivity index (χ3v) is 2.82. The minimum Gasteiger partial charge on any atom is -0.492 e. The van der Waals surface area contributed by atoms with Gasteiger partial charge in [0.2, 0.25) is 0 Å². The highest BCUT2D eigenvalue weighted by Crippen LogP contribution is 2.35. The third-order valence-electron chi connectivity index (χ3n) is 2.82. The molecule has 0 amide bonds. The Kier molecular flexibility index (Phi) is 2.44. The van der Waals surface area contributed by atoms with Crippen molar-refractivity contribution in [2.75, 3.05) is 12.3 Å². The Labute approximate surface area is 104 Å². The van der Waals surface area contributed by atoms with Crippen LogP contribution in [0.1, 0.15) is 6.92 Å². The molecule has 0 aliphatic rings. The van der Waals surface area contributed by atoms with E-state index in [-0.39, 0.29) is 0 Å². The molecule has 3 N–H and O–H groups in total. The standard InChI is InChI=1S/C13H13N3O2/c1-2-17-11-5-3-4-8-9(6-15-12(8)11)13-10(14)7-16-18-13/h3-7,15H,2,14H2,1H3. The zero-order valence-electron chi connectivity index (χ0n) is 9.93. The molecule has 2 heterocycles. The molecule has 18 heavy (non-hydrogen) atoms. The van der Waals surface area contributed by atoms with Gasteiger partial charge in [0.15, 0.2) is 5.76 Å². The van der Waals surface area contributed by atoms with Crippen LogP contribution in [0.3, 0.4) is 0 Å². The number of ether oxygens (including phenoxy) is 1. The number of hydrogen-bond acceptors (Lipinski definition) is 4. The predicted molar refractivity (Wildman–Crippen MR) is 69.4 cm³/mol. The molecule has 0 radical (unpaired) electrons. The van der Waals surface area contributed by atoms with E-state index in [0.29, 0.717) is 18.1 Å². The molecule has 0 aliphatic carbocycles. The highest BCUT2D eigenvalue weighted by atomic mass is 16.5. The van der Waals surface area contributed by atoms with Gasteiger partial charge in [0.05, 0.1) is 18.3 Å². The van der Waals surface area contributed by atoms with Gasteiger partial charge in [-0.25, -0.2) is 0 Å². The number of hydrogen-bond donors (Lipinski definition) is 2. The van der Waals surface area contributed by atoms with Gasteiger partial charge in [-0.05, 0) is 13.0 Å². The van der Waals surface area contributed by atoms with Crippen molar-refractivity contribution < 1.29 is 9.26 Å². The average Bonchev–Trinajstić information content (AvgIpc) is 2.96. The van der Waals surface area contributed by atoms with E-state index in [1.54, 1.807) is 0 Å². The highest BCUT2D eigenvalue weighted by molar-refractivity contribution is 5.99. The molecule has 0 saturated carbocycles. The van der Waals surface area contributed by atoms with Crippen LogP contribution < -0.4 is 10.5 Å². The van der Waals surface area contributed by atoms with E-state index in [1.807, 2.05) is 31.3 Å². The van der Waals surface area contributed by atoms with Gasteiger partial charge >= 0.3 is 0 Å². The number of nitrogens with two attached hydrogens (primary N) is 1. The average molecular weight is 243 g/mol. The van der Waals surface area contributed by atoms with Crippen molar-refractivity contribution in [2.24, 2.45) is 0 Å². The lowest BCUT2D eigenvalue weighted by atomic mass is 10.1. The molecule has 0 spiro atoms. The number of benzene rings is 1. The molecular formula is C13H13N3O2. The van der Waals surface area contributed by atoms with Crippen LogP contribution in [0.4, 0.5) is 5.69 Å². The molecular weight excluding hydrogens is 230 g/mol. The van der Waals surface area contributed by atoms with Gasteiger partial charge in [0, 0.05) is 17.1 Å². The monoisotopic (exact) mass is 243 g/mol. The number of nitrogens with one attached hydrogen (secondary N) is 1. The molecule has 5 heteroatoms. The molecule has 0 unspecified atom stereocenters. The zero-order chi connectivity index (χ0) is 12.5. The van der Waals surface area contributed by atoms with Gasteiger partial charge in [-0.3, -0.25) is 0 Å². The van der Waals surface area contributed by atoms with E-state index in [0.717, 1.165) is 22.2 Å². The maximum atomic E-state index is 5.82. The Morgan fingerprint density at radius 2 is 2.33 bits per heavy atom. The molecule has 3 rings (SSSR count). The number of nitrogens with zero attached hydrogens (tertiary/aromatic N) is 1. The number of para-hydroxylation sites is 1. The summed E-state index contributed by atoms with van der Waals surface area (Å²) in [6.07, 6.45) is 3.35. The second kappa shape index (κ2) is 4.10. The van der Waals surface area contributed by atoms with E-state index in [2.05, 4.69) is 10.1 Å². The van der Waals surface area contributed by atoms with Crippen LogP contribution in [-0.4, -0.2) is 16.7 Å². The first kappa shape index (κ1) is 10.7. The largest absolute Gasteiger partial charge is 0.492 e. The lowest BCUT2D eigenvalue weighted by Gasteiger charge is -2.04. The summed E-state index contributed by atoms with van der Waals surface area (Å²) in [5.41, 5.74) is 8.17. The van der Waals surface area contributed by atoms with Crippen molar-refractivity contribution in [3.8, 4) is 17.1 Å². The van der Waals surface area contributed by atoms with E-state index in [4.69, 9.17) is 15.0 Å². The third kappa shape index (κ3) is 1.52. The van der Waals surface area contributed by atoms with Crippen LogP contribution in [0.5, 0.6) is 5.75 Å². The predicted octanol–water partition coefficient (Wildman–Crippen LogP) is 2.80. The Bertz CT molecular complexity index is 684. The Hall–Kier alpha value is -2.43. The van der Waals surface area contributed by atoms with Crippen molar-refractivity contribution >= 4 is 16.6 Å². The molecule has 0 saturated heterocycles. The number of H-pyrrole nitrogens is 1. The summed E-state index contributed by atoms with van der Waals surface area (Å²) < 4.78 is 10.8. The normalized spacial score (nSPS) is 10.9. The van der Waals surface area contributed by atoms with Gasteiger partial charge in [-0.1, -0.05) is 17.3 Å². The lowest BCUT2D eigenvalue weighted by Crippen LogP contribution is -1.91. The van der Waals surface area contributed by atoms with E-state index in [1.165, 1.54) is 6.20 Å². The first-order valence-electron chi connectivity index (χ1n) is 5.74. The number of rotatable bonds is 3. The first-order chi connectivity index (χ1) is 8.81. The van der Waals surface area contributed by atoms with Gasteiger partial charge in [0.25, 0.3) is 0 Å². The number of aromatic nitrogens is 2. The van der Waals surface area contributed by atoms with Crippen molar-refractivity contribution in [3.05, 3.63) is 30.6 Å². The van der Waals surface area contributed by atoms with Crippen molar-refractivity contribution in [1.82, 2.24) is 10.1 Å². The summed E-state index contributed by atoms with van der Waals surface area (Å²) >= 11 is 0. The first-order valence-corrected chi connectivity index (χ1v) is 5.74. The van der Waals surface area contributed by atoms with Crippen LogP contribution in [0.25, 0.3) is 22.2 Å². The number of aromatic amines is 1. The maximum absolute atomic E-state index is 5.82. The fourth-order valence-corrected chi connectivity index (χ4v) is 2.04. The molecule has 2 aromatic heterocycles. The Morgan fingerprint density at radius 3 is 3.06 bits per heavy atom. The van der Waals surface area contributed by atoms with Crippen LogP contribution in [0.15, 0.2) is 35.1 Å². The summed E-state index contributed by atoms with van der Waals surface area (Å²) in [6.45, 7) is 2.58. The molecule has 5 nitrogen and oxygen atoms in total. The molecule has 0 fully saturated rings. The molecule has 0 atom stereocenters. The maximum Gasteiger partial charge on any atom is 0.191 e. The SMILES string of the molecule is CCOc1cccc2c(-c3oncc3N)c[nH]c12. The fourth-order valence-electron chi connectivity index (χ4n) is 2.04. The van der Waals surface area contributed by atoms with E-state index in [9.17, 15) is 0 Å². The summed E-state index contributed by atoms with van der Waals surface area (Å²) in [4.78, 5) is 3.19. The molecule has 92 valence electrons. The number of fused-ring (bicyclic) bond motifs is 1. The van der Waals surface area contributed by atoms with Crippen LogP contribution >= 0.6 is 0 Å². The molecule has 3 aromatic rings. The van der Waals surface area contributed by atoms with E-state index >= 15 is 0 Å². The van der Waals surface area contributed by atoms with Gasteiger partial charge in [-0.2, -0.15) is 0 Å². The summed E-state index contributed by atoms with van der Waals surface area (Å²) in [5.74, 6) is 1.40. The number of nitrogen functional groups attached to an aromatic ring is 1. The molecule has 1 aromatic carbocycles. The summed E-state index contributed by atoms with van der Waals surface area (Å²) in [7, 11) is 0. The van der Waals surface area contributed by atoms with Crippen molar-refractivity contribution in [2.45, 2.75) is 6.92 Å². The van der Waals surface area contributed by atoms with Crippen LogP contribution in [0.2, 0.25) is 0 Å². The Balaban J connectivity index is 2.21. The van der Waals surface area contributed by atoms with Crippen LogP contribution in [0, 0.1) is 0 Å². The highest BCUT2D eigenvalue weighted by Gasteiger charge is 2.15. The summed E-state index contributed by atoms with van der Waals surface area (Å²) in [6, 6.07) is 5.86. The minimum absolute atomic E-state index is 0.526. The van der Waals surface area contributed by atoms with Crippen LogP contribution in [-0.2, 0) is 0 Å². The van der Waals surface area contributed by atoms with Crippen molar-refractivity contribution in [3.63, 3.8) is 0 Å². The molecule has 0 bridgehead atoms. The lowest BCUT2D eigenvalue weighted by molar-refractivity contribution is 0.344. The fraction of sp³-hybridized carbons (Fsp3) is 0.154. The van der Waals surface area contributed by atoms with E-state index < -0.39 is 0 Å². The zero-order valence-corrected chi connectivity index (χ0v) is 9.93. The molecule has 0 aliphatic heterocycles.